The van der Waals surface area contributed by atoms with Gasteiger partial charge in [-0.3, -0.25) is 19.7 Å². The number of fused-ring (bicyclic) bond motifs is 1. The first-order valence-electron chi connectivity index (χ1n) is 7.57. The van der Waals surface area contributed by atoms with Crippen LogP contribution in [0.5, 0.6) is 0 Å². The molecule has 0 bridgehead atoms. The molecule has 0 unspecified atom stereocenters. The molecule has 2 aliphatic rings. The number of nitro groups is 1. The van der Waals surface area contributed by atoms with Crippen LogP contribution in [-0.4, -0.2) is 23.6 Å². The smallest absolute Gasteiger partial charge is 0.314 e. The quantitative estimate of drug-likeness (QED) is 0.490. The number of hydrogen-bond donors (Lipinski definition) is 0. The highest BCUT2D eigenvalue weighted by Gasteiger charge is 2.53. The first-order chi connectivity index (χ1) is 11.6. The third kappa shape index (κ3) is 2.30. The molecular weight excluding hydrogens is 312 g/mol. The second-order valence-electron chi connectivity index (χ2n) is 5.75. The minimum atomic E-state index is -0.452. The van der Waals surface area contributed by atoms with Crippen LogP contribution in [0.2, 0.25) is 0 Å². The van der Waals surface area contributed by atoms with E-state index in [1.54, 1.807) is 17.2 Å². The summed E-state index contributed by atoms with van der Waals surface area (Å²) in [5.74, 6) is -0.756. The number of nitro benzene ring substituents is 1. The highest BCUT2D eigenvalue weighted by molar-refractivity contribution is 5.78. The molecule has 0 aliphatic carbocycles. The Bertz CT molecular complexity index is 777. The second kappa shape index (κ2) is 5.61. The second-order valence-corrected chi connectivity index (χ2v) is 5.75. The molecular formula is C17H14N2O5. The van der Waals surface area contributed by atoms with Crippen LogP contribution in [0, 0.1) is 16.0 Å². The van der Waals surface area contributed by atoms with Crippen LogP contribution in [0.3, 0.4) is 0 Å². The van der Waals surface area contributed by atoms with Crippen LogP contribution in [0.1, 0.15) is 11.6 Å². The molecule has 3 atom stereocenters. The van der Waals surface area contributed by atoms with Gasteiger partial charge in [0, 0.05) is 12.1 Å². The zero-order chi connectivity index (χ0) is 16.7. The summed E-state index contributed by atoms with van der Waals surface area (Å²) in [5, 5.41) is 12.6. The van der Waals surface area contributed by atoms with Crippen LogP contribution in [-0.2, 0) is 14.4 Å². The van der Waals surface area contributed by atoms with Crippen molar-refractivity contribution in [3.05, 3.63) is 70.3 Å². The van der Waals surface area contributed by atoms with Crippen molar-refractivity contribution >= 4 is 17.3 Å². The molecule has 2 aliphatic heterocycles. The maximum atomic E-state index is 12.2. The summed E-state index contributed by atoms with van der Waals surface area (Å²) >= 11 is 0. The van der Waals surface area contributed by atoms with E-state index >= 15 is 0 Å². The molecule has 0 aromatic heterocycles. The van der Waals surface area contributed by atoms with E-state index < -0.39 is 10.8 Å². The maximum absolute atomic E-state index is 12.2. The van der Waals surface area contributed by atoms with E-state index in [1.807, 2.05) is 30.3 Å². The summed E-state index contributed by atoms with van der Waals surface area (Å²) in [4.78, 5) is 28.5. The number of carbonyl (C=O) groups is 1. The Hall–Kier alpha value is -2.93. The van der Waals surface area contributed by atoms with Crippen LogP contribution in [0.25, 0.3) is 0 Å². The number of carbonyl (C=O) groups excluding carboxylic acids is 1. The SMILES string of the molecule is O=C1OC[C@H]2ON(c3ccccc3)[C@@H](c3ccc([N+](=O)[O-])cc3)[C@@H]12. The average molecular weight is 326 g/mol. The Morgan fingerprint density at radius 2 is 1.79 bits per heavy atom. The summed E-state index contributed by atoms with van der Waals surface area (Å²) < 4.78 is 5.12. The summed E-state index contributed by atoms with van der Waals surface area (Å²) in [6, 6.07) is 15.3. The number of hydroxylamine groups is 1. The van der Waals surface area contributed by atoms with Crippen molar-refractivity contribution in [2.75, 3.05) is 11.7 Å². The molecule has 0 spiro atoms. The fourth-order valence-electron chi connectivity index (χ4n) is 3.23. The van der Waals surface area contributed by atoms with Crippen LogP contribution in [0.4, 0.5) is 11.4 Å². The first kappa shape index (κ1) is 14.6. The van der Waals surface area contributed by atoms with Crippen molar-refractivity contribution in [2.45, 2.75) is 12.1 Å². The molecule has 24 heavy (non-hydrogen) atoms. The zero-order valence-corrected chi connectivity index (χ0v) is 12.6. The zero-order valence-electron chi connectivity index (χ0n) is 12.6. The van der Waals surface area contributed by atoms with E-state index in [0.717, 1.165) is 11.3 Å². The summed E-state index contributed by atoms with van der Waals surface area (Å²) in [6.45, 7) is 0.219. The molecule has 0 N–H and O–H groups in total. The predicted octanol–water partition coefficient (Wildman–Crippen LogP) is 2.63. The Kier molecular flexibility index (Phi) is 3.42. The number of esters is 1. The summed E-state index contributed by atoms with van der Waals surface area (Å²) in [7, 11) is 0. The van der Waals surface area contributed by atoms with Crippen molar-refractivity contribution in [3.63, 3.8) is 0 Å². The van der Waals surface area contributed by atoms with Gasteiger partial charge in [0.25, 0.3) is 5.69 Å². The Labute approximate surface area is 137 Å². The van der Waals surface area contributed by atoms with Gasteiger partial charge in [-0.05, 0) is 17.7 Å². The van der Waals surface area contributed by atoms with Crippen molar-refractivity contribution in [1.82, 2.24) is 0 Å². The van der Waals surface area contributed by atoms with Crippen molar-refractivity contribution in [2.24, 2.45) is 5.92 Å². The standard InChI is InChI=1S/C17H14N2O5/c20-17-15-14(10-23-17)24-18(12-4-2-1-3-5-12)16(15)11-6-8-13(9-7-11)19(21)22/h1-9,14-16H,10H2/t14-,15+,16+/m1/s1. The minimum absolute atomic E-state index is 0.00877. The van der Waals surface area contributed by atoms with E-state index in [9.17, 15) is 14.9 Å². The molecule has 4 rings (SSSR count). The number of para-hydroxylation sites is 1. The number of anilines is 1. The van der Waals surface area contributed by atoms with Crippen LogP contribution in [0.15, 0.2) is 54.6 Å². The number of hydrogen-bond acceptors (Lipinski definition) is 6. The molecule has 0 radical (unpaired) electrons. The molecule has 7 nitrogen and oxygen atoms in total. The number of nitrogens with zero attached hydrogens (tertiary/aromatic N) is 2. The Morgan fingerprint density at radius 3 is 2.46 bits per heavy atom. The Morgan fingerprint density at radius 1 is 1.08 bits per heavy atom. The number of rotatable bonds is 3. The lowest BCUT2D eigenvalue weighted by atomic mass is 9.91. The molecule has 2 aromatic rings. The maximum Gasteiger partial charge on any atom is 0.314 e. The van der Waals surface area contributed by atoms with Gasteiger partial charge in [0.2, 0.25) is 0 Å². The summed E-state index contributed by atoms with van der Waals surface area (Å²) in [6.07, 6.45) is -0.349. The third-order valence-corrected chi connectivity index (χ3v) is 4.36. The van der Waals surface area contributed by atoms with E-state index in [1.165, 1.54) is 12.1 Å². The van der Waals surface area contributed by atoms with Crippen molar-refractivity contribution in [1.29, 1.82) is 0 Å². The highest BCUT2D eigenvalue weighted by Crippen LogP contribution is 2.45. The highest BCUT2D eigenvalue weighted by atomic mass is 16.7. The lowest BCUT2D eigenvalue weighted by Gasteiger charge is -2.27. The molecule has 7 heteroatoms. The van der Waals surface area contributed by atoms with Crippen LogP contribution >= 0.6 is 0 Å². The number of non-ortho nitro benzene ring substituents is 1. The van der Waals surface area contributed by atoms with Crippen molar-refractivity contribution in [3.8, 4) is 0 Å². The third-order valence-electron chi connectivity index (χ3n) is 4.36. The molecule has 2 aromatic carbocycles. The minimum Gasteiger partial charge on any atom is -0.462 e. The number of benzene rings is 2. The van der Waals surface area contributed by atoms with Gasteiger partial charge >= 0.3 is 5.97 Å². The van der Waals surface area contributed by atoms with E-state index in [-0.39, 0.29) is 30.4 Å². The average Bonchev–Trinajstić information content (AvgIpc) is 3.16. The molecule has 2 fully saturated rings. The van der Waals surface area contributed by atoms with Gasteiger partial charge in [-0.15, -0.1) is 0 Å². The van der Waals surface area contributed by atoms with Gasteiger partial charge in [0.15, 0.2) is 0 Å². The van der Waals surface area contributed by atoms with Gasteiger partial charge < -0.3 is 4.74 Å². The lowest BCUT2D eigenvalue weighted by molar-refractivity contribution is -0.384. The fourth-order valence-corrected chi connectivity index (χ4v) is 3.23. The Balaban J connectivity index is 1.75. The number of ether oxygens (including phenoxy) is 1. The van der Waals surface area contributed by atoms with E-state index in [0.29, 0.717) is 0 Å². The largest absolute Gasteiger partial charge is 0.462 e. The predicted molar refractivity (Wildman–Crippen MR) is 84.1 cm³/mol. The molecule has 2 saturated heterocycles. The molecule has 122 valence electrons. The fraction of sp³-hybridized carbons (Fsp3) is 0.235. The molecule has 0 amide bonds. The monoisotopic (exact) mass is 326 g/mol. The molecule has 0 saturated carbocycles. The van der Waals surface area contributed by atoms with E-state index in [2.05, 4.69) is 0 Å². The van der Waals surface area contributed by atoms with Gasteiger partial charge in [0.1, 0.15) is 18.6 Å². The van der Waals surface area contributed by atoms with Crippen molar-refractivity contribution < 1.29 is 19.3 Å². The lowest BCUT2D eigenvalue weighted by Crippen LogP contribution is -2.27. The number of cyclic esters (lactones) is 1. The normalized spacial score (nSPS) is 25.4. The van der Waals surface area contributed by atoms with Gasteiger partial charge in [-0.25, -0.2) is 5.06 Å². The van der Waals surface area contributed by atoms with Gasteiger partial charge in [-0.1, -0.05) is 30.3 Å². The van der Waals surface area contributed by atoms with E-state index in [4.69, 9.17) is 9.57 Å². The van der Waals surface area contributed by atoms with Gasteiger partial charge in [-0.2, -0.15) is 0 Å². The van der Waals surface area contributed by atoms with Crippen LogP contribution < -0.4 is 5.06 Å². The topological polar surface area (TPSA) is 81.9 Å². The first-order valence-corrected chi connectivity index (χ1v) is 7.57. The molecule has 2 heterocycles. The summed E-state index contributed by atoms with van der Waals surface area (Å²) in [5.41, 5.74) is 1.60. The van der Waals surface area contributed by atoms with Gasteiger partial charge in [0.05, 0.1) is 16.7 Å².